The number of hydrogen-bond acceptors (Lipinski definition) is 4. The lowest BCUT2D eigenvalue weighted by atomic mass is 10.1. The first-order chi connectivity index (χ1) is 12.4. The molecule has 26 heavy (non-hydrogen) atoms. The number of benzene rings is 2. The molecule has 0 amide bonds. The van der Waals surface area contributed by atoms with Crippen molar-refractivity contribution in [3.05, 3.63) is 64.7 Å². The molecular formula is C19H20ClNO4S. The molecule has 1 aliphatic rings. The molecule has 0 aliphatic carbocycles. The van der Waals surface area contributed by atoms with E-state index in [4.69, 9.17) is 16.3 Å². The van der Waals surface area contributed by atoms with Gasteiger partial charge >= 0.3 is 5.97 Å². The number of carbonyl (C=O) groups is 1. The second kappa shape index (κ2) is 7.78. The van der Waals surface area contributed by atoms with E-state index in [1.54, 1.807) is 6.92 Å². The van der Waals surface area contributed by atoms with Gasteiger partial charge in [0.15, 0.2) is 0 Å². The van der Waals surface area contributed by atoms with Gasteiger partial charge in [0, 0.05) is 13.1 Å². The van der Waals surface area contributed by atoms with Crippen LogP contribution in [0.1, 0.15) is 41.8 Å². The van der Waals surface area contributed by atoms with Gasteiger partial charge in [-0.25, -0.2) is 13.2 Å². The van der Waals surface area contributed by atoms with Crippen molar-refractivity contribution in [2.75, 3.05) is 13.1 Å². The minimum absolute atomic E-state index is 0.0507. The lowest BCUT2D eigenvalue weighted by Gasteiger charge is -2.17. The van der Waals surface area contributed by atoms with Gasteiger partial charge in [-0.15, -0.1) is 0 Å². The highest BCUT2D eigenvalue weighted by atomic mass is 35.5. The Morgan fingerprint density at radius 2 is 1.77 bits per heavy atom. The molecule has 0 radical (unpaired) electrons. The topological polar surface area (TPSA) is 63.7 Å². The summed E-state index contributed by atoms with van der Waals surface area (Å²) in [6.45, 7) is 2.75. The standard InChI is InChI=1S/C19H20ClNO4S/c1-14(15-7-3-2-4-8-15)25-19(22)17-13-16(9-10-18(17)20)26(23,24)21-11-5-6-12-21/h2-4,7-10,13-14H,5-6,11-12H2,1H3/t14-/m1/s1. The Hall–Kier alpha value is -1.89. The maximum atomic E-state index is 12.7. The van der Waals surface area contributed by atoms with Crippen LogP contribution < -0.4 is 0 Å². The maximum absolute atomic E-state index is 12.7. The van der Waals surface area contributed by atoms with E-state index in [1.807, 2.05) is 30.3 Å². The molecule has 7 heteroatoms. The third kappa shape index (κ3) is 3.92. The smallest absolute Gasteiger partial charge is 0.340 e. The number of carbonyl (C=O) groups excluding carboxylic acids is 1. The van der Waals surface area contributed by atoms with E-state index in [-0.39, 0.29) is 15.5 Å². The summed E-state index contributed by atoms with van der Waals surface area (Å²) >= 11 is 6.12. The van der Waals surface area contributed by atoms with Gasteiger partial charge < -0.3 is 4.74 Å². The Morgan fingerprint density at radius 1 is 1.12 bits per heavy atom. The van der Waals surface area contributed by atoms with E-state index >= 15 is 0 Å². The molecule has 0 spiro atoms. The van der Waals surface area contributed by atoms with Gasteiger partial charge in [0.05, 0.1) is 15.5 Å². The normalized spacial score (nSPS) is 16.4. The van der Waals surface area contributed by atoms with Gasteiger partial charge in [-0.05, 0) is 43.5 Å². The lowest BCUT2D eigenvalue weighted by Crippen LogP contribution is -2.28. The maximum Gasteiger partial charge on any atom is 0.340 e. The van der Waals surface area contributed by atoms with Gasteiger partial charge in [-0.1, -0.05) is 41.9 Å². The second-order valence-electron chi connectivity index (χ2n) is 6.21. The van der Waals surface area contributed by atoms with E-state index < -0.39 is 22.1 Å². The van der Waals surface area contributed by atoms with Crippen molar-refractivity contribution in [3.8, 4) is 0 Å². The van der Waals surface area contributed by atoms with Crippen molar-refractivity contribution in [1.29, 1.82) is 0 Å². The summed E-state index contributed by atoms with van der Waals surface area (Å²) in [6, 6.07) is 13.5. The molecular weight excluding hydrogens is 374 g/mol. The van der Waals surface area contributed by atoms with Gasteiger partial charge in [0.1, 0.15) is 6.10 Å². The van der Waals surface area contributed by atoms with E-state index in [9.17, 15) is 13.2 Å². The van der Waals surface area contributed by atoms with Gasteiger partial charge in [0.2, 0.25) is 10.0 Å². The highest BCUT2D eigenvalue weighted by Gasteiger charge is 2.28. The van der Waals surface area contributed by atoms with Crippen molar-refractivity contribution in [2.24, 2.45) is 0 Å². The fraction of sp³-hybridized carbons (Fsp3) is 0.316. The average molecular weight is 394 g/mol. The zero-order valence-corrected chi connectivity index (χ0v) is 16.0. The molecule has 1 saturated heterocycles. The lowest BCUT2D eigenvalue weighted by molar-refractivity contribution is 0.0338. The van der Waals surface area contributed by atoms with Crippen molar-refractivity contribution >= 4 is 27.6 Å². The van der Waals surface area contributed by atoms with E-state index in [0.717, 1.165) is 18.4 Å². The van der Waals surface area contributed by atoms with Crippen LogP contribution in [0.3, 0.4) is 0 Å². The summed E-state index contributed by atoms with van der Waals surface area (Å²) in [6.07, 6.45) is 1.21. The number of rotatable bonds is 5. The van der Waals surface area contributed by atoms with Crippen LogP contribution in [0.25, 0.3) is 0 Å². The number of sulfonamides is 1. The first-order valence-electron chi connectivity index (χ1n) is 8.45. The second-order valence-corrected chi connectivity index (χ2v) is 8.56. The van der Waals surface area contributed by atoms with Crippen LogP contribution in [-0.4, -0.2) is 31.8 Å². The fourth-order valence-corrected chi connectivity index (χ4v) is 4.65. The molecule has 0 unspecified atom stereocenters. The van der Waals surface area contributed by atoms with E-state index in [1.165, 1.54) is 22.5 Å². The minimum atomic E-state index is -3.63. The molecule has 0 saturated carbocycles. The Morgan fingerprint density at radius 3 is 2.42 bits per heavy atom. The van der Waals surface area contributed by atoms with Crippen LogP contribution in [-0.2, 0) is 14.8 Å². The molecule has 0 aromatic heterocycles. The molecule has 0 N–H and O–H groups in total. The monoisotopic (exact) mass is 393 g/mol. The van der Waals surface area contributed by atoms with Crippen molar-refractivity contribution in [2.45, 2.75) is 30.8 Å². The zero-order chi connectivity index (χ0) is 18.7. The summed E-state index contributed by atoms with van der Waals surface area (Å²) in [4.78, 5) is 12.6. The summed E-state index contributed by atoms with van der Waals surface area (Å²) in [5.74, 6) is -0.648. The van der Waals surface area contributed by atoms with Gasteiger partial charge in [-0.3, -0.25) is 0 Å². The summed E-state index contributed by atoms with van der Waals surface area (Å²) in [7, 11) is -3.63. The molecule has 1 aliphatic heterocycles. The van der Waals surface area contributed by atoms with Crippen LogP contribution in [0.4, 0.5) is 0 Å². The third-order valence-electron chi connectivity index (χ3n) is 4.41. The Kier molecular flexibility index (Phi) is 5.65. The van der Waals surface area contributed by atoms with Crippen molar-refractivity contribution < 1.29 is 17.9 Å². The quantitative estimate of drug-likeness (QED) is 0.719. The summed E-state index contributed by atoms with van der Waals surface area (Å²) in [5, 5.41) is 0.163. The van der Waals surface area contributed by atoms with Crippen LogP contribution in [0.2, 0.25) is 5.02 Å². The Labute approximate surface area is 158 Å². The minimum Gasteiger partial charge on any atom is -0.454 e. The summed E-state index contributed by atoms with van der Waals surface area (Å²) < 4.78 is 32.3. The Balaban J connectivity index is 1.84. The molecule has 1 heterocycles. The Bertz CT molecular complexity index is 893. The number of halogens is 1. The van der Waals surface area contributed by atoms with Crippen molar-refractivity contribution in [3.63, 3.8) is 0 Å². The first kappa shape index (κ1) is 18.9. The average Bonchev–Trinajstić information content (AvgIpc) is 3.18. The van der Waals surface area contributed by atoms with Gasteiger partial charge in [0.25, 0.3) is 0 Å². The number of nitrogens with zero attached hydrogens (tertiary/aromatic N) is 1. The SMILES string of the molecule is C[C@@H](OC(=O)c1cc(S(=O)(=O)N2CCCC2)ccc1Cl)c1ccccc1. The molecule has 0 bridgehead atoms. The largest absolute Gasteiger partial charge is 0.454 e. The summed E-state index contributed by atoms with van der Waals surface area (Å²) in [5.41, 5.74) is 0.896. The zero-order valence-electron chi connectivity index (χ0n) is 14.4. The third-order valence-corrected chi connectivity index (χ3v) is 6.64. The highest BCUT2D eigenvalue weighted by Crippen LogP contribution is 2.27. The van der Waals surface area contributed by atoms with Crippen LogP contribution in [0.15, 0.2) is 53.4 Å². The van der Waals surface area contributed by atoms with Gasteiger partial charge in [-0.2, -0.15) is 4.31 Å². The molecule has 3 rings (SSSR count). The van der Waals surface area contributed by atoms with Crippen LogP contribution in [0.5, 0.6) is 0 Å². The van der Waals surface area contributed by atoms with Crippen LogP contribution >= 0.6 is 11.6 Å². The molecule has 1 atom stereocenters. The van der Waals surface area contributed by atoms with Crippen LogP contribution in [0, 0.1) is 0 Å². The fourth-order valence-electron chi connectivity index (χ4n) is 2.91. The molecule has 1 fully saturated rings. The number of hydrogen-bond donors (Lipinski definition) is 0. The number of esters is 1. The van der Waals surface area contributed by atoms with E-state index in [0.29, 0.717) is 13.1 Å². The van der Waals surface area contributed by atoms with E-state index in [2.05, 4.69) is 0 Å². The number of ether oxygens (including phenoxy) is 1. The molecule has 138 valence electrons. The molecule has 5 nitrogen and oxygen atoms in total. The molecule has 2 aromatic rings. The predicted molar refractivity (Wildman–Crippen MR) is 99.7 cm³/mol. The van der Waals surface area contributed by atoms with Crippen molar-refractivity contribution in [1.82, 2.24) is 4.31 Å². The first-order valence-corrected chi connectivity index (χ1v) is 10.3. The highest BCUT2D eigenvalue weighted by molar-refractivity contribution is 7.89. The predicted octanol–water partition coefficient (Wildman–Crippen LogP) is 4.04. The molecule has 2 aromatic carbocycles.